The van der Waals surface area contributed by atoms with E-state index < -0.39 is 0 Å². The molecule has 90 valence electrons. The predicted molar refractivity (Wildman–Crippen MR) is 66.5 cm³/mol. The zero-order chi connectivity index (χ0) is 12.4. The summed E-state index contributed by atoms with van der Waals surface area (Å²) >= 11 is 6.05. The van der Waals surface area contributed by atoms with Crippen LogP contribution in [0.2, 0.25) is 5.15 Å². The number of imidazole rings is 1. The van der Waals surface area contributed by atoms with Crippen LogP contribution in [-0.2, 0) is 6.42 Å². The third-order valence-corrected chi connectivity index (χ3v) is 2.79. The van der Waals surface area contributed by atoms with Crippen LogP contribution in [0.3, 0.4) is 0 Å². The Balaban J connectivity index is 2.41. The Bertz CT molecular complexity index is 537. The van der Waals surface area contributed by atoms with E-state index in [-0.39, 0.29) is 5.82 Å². The van der Waals surface area contributed by atoms with Gasteiger partial charge in [0.25, 0.3) is 0 Å². The van der Waals surface area contributed by atoms with E-state index in [4.69, 9.17) is 17.3 Å². The molecule has 5 heteroatoms. The number of hydrogen-bond donors (Lipinski definition) is 2. The highest BCUT2D eigenvalue weighted by Gasteiger charge is 2.11. The predicted octanol–water partition coefficient (Wildman–Crippen LogP) is 2.68. The normalized spacial score (nSPS) is 10.8. The van der Waals surface area contributed by atoms with Crippen molar-refractivity contribution in [2.24, 2.45) is 5.73 Å². The molecule has 1 aromatic carbocycles. The lowest BCUT2D eigenvalue weighted by Gasteiger charge is -2.00. The number of hydrogen-bond acceptors (Lipinski definition) is 2. The highest BCUT2D eigenvalue weighted by molar-refractivity contribution is 6.31. The van der Waals surface area contributed by atoms with E-state index in [1.165, 1.54) is 6.07 Å². The standard InChI is InChI=1S/C12H13ClFN3/c1-7-6-8(2-3-9(7)14)11-12(13)17-10(16-11)4-5-15/h2-3,6H,4-5,15H2,1H3,(H,16,17). The number of rotatable bonds is 3. The quantitative estimate of drug-likeness (QED) is 0.884. The number of nitrogens with two attached hydrogens (primary N) is 1. The van der Waals surface area contributed by atoms with Crippen LogP contribution in [0.5, 0.6) is 0 Å². The summed E-state index contributed by atoms with van der Waals surface area (Å²) in [6.45, 7) is 2.21. The maximum Gasteiger partial charge on any atom is 0.134 e. The molecule has 2 aromatic rings. The summed E-state index contributed by atoms with van der Waals surface area (Å²) in [5.41, 5.74) is 7.46. The number of halogens is 2. The molecule has 0 aliphatic rings. The van der Waals surface area contributed by atoms with Gasteiger partial charge in [0.2, 0.25) is 0 Å². The summed E-state index contributed by atoms with van der Waals surface area (Å²) in [6, 6.07) is 4.80. The van der Waals surface area contributed by atoms with E-state index in [1.807, 2.05) is 0 Å². The monoisotopic (exact) mass is 253 g/mol. The summed E-state index contributed by atoms with van der Waals surface area (Å²) in [7, 11) is 0. The van der Waals surface area contributed by atoms with Gasteiger partial charge in [-0.3, -0.25) is 0 Å². The first-order chi connectivity index (χ1) is 8.11. The highest BCUT2D eigenvalue weighted by Crippen LogP contribution is 2.26. The molecule has 0 radical (unpaired) electrons. The van der Waals surface area contributed by atoms with Crippen LogP contribution >= 0.6 is 11.6 Å². The molecule has 1 heterocycles. The van der Waals surface area contributed by atoms with Gasteiger partial charge in [-0.25, -0.2) is 9.37 Å². The Kier molecular flexibility index (Phi) is 3.45. The highest BCUT2D eigenvalue weighted by atomic mass is 35.5. The zero-order valence-corrected chi connectivity index (χ0v) is 10.2. The number of aryl methyl sites for hydroxylation is 1. The zero-order valence-electron chi connectivity index (χ0n) is 9.43. The lowest BCUT2D eigenvalue weighted by molar-refractivity contribution is 0.619. The molecular formula is C12H13ClFN3. The fraction of sp³-hybridized carbons (Fsp3) is 0.250. The first-order valence-corrected chi connectivity index (χ1v) is 5.70. The number of nitrogens with one attached hydrogen (secondary N) is 1. The van der Waals surface area contributed by atoms with Crippen molar-refractivity contribution in [1.82, 2.24) is 9.97 Å². The van der Waals surface area contributed by atoms with Crippen LogP contribution in [0.4, 0.5) is 4.39 Å². The molecule has 0 aliphatic carbocycles. The third kappa shape index (κ3) is 2.48. The lowest BCUT2D eigenvalue weighted by atomic mass is 10.1. The second-order valence-corrected chi connectivity index (χ2v) is 4.23. The molecular weight excluding hydrogens is 241 g/mol. The van der Waals surface area contributed by atoms with Crippen LogP contribution in [0.1, 0.15) is 11.4 Å². The van der Waals surface area contributed by atoms with Crippen molar-refractivity contribution in [3.8, 4) is 11.3 Å². The summed E-state index contributed by atoms with van der Waals surface area (Å²) in [6.07, 6.45) is 0.639. The summed E-state index contributed by atoms with van der Waals surface area (Å²) in [4.78, 5) is 7.31. The first-order valence-electron chi connectivity index (χ1n) is 5.33. The fourth-order valence-corrected chi connectivity index (χ4v) is 1.90. The molecule has 0 saturated carbocycles. The molecule has 3 nitrogen and oxygen atoms in total. The third-order valence-electron chi connectivity index (χ3n) is 2.52. The summed E-state index contributed by atoms with van der Waals surface area (Å²) in [5.74, 6) is 0.511. The van der Waals surface area contributed by atoms with E-state index >= 15 is 0 Å². The minimum atomic E-state index is -0.234. The Labute approximate surface area is 104 Å². The Morgan fingerprint density at radius 1 is 1.47 bits per heavy atom. The van der Waals surface area contributed by atoms with Crippen molar-refractivity contribution in [3.63, 3.8) is 0 Å². The molecule has 0 saturated heterocycles. The van der Waals surface area contributed by atoms with Gasteiger partial charge in [-0.15, -0.1) is 0 Å². The van der Waals surface area contributed by atoms with Gasteiger partial charge in [0, 0.05) is 12.0 Å². The second kappa shape index (κ2) is 4.85. The van der Waals surface area contributed by atoms with Crippen LogP contribution < -0.4 is 5.73 Å². The van der Waals surface area contributed by atoms with E-state index in [9.17, 15) is 4.39 Å². The van der Waals surface area contributed by atoms with E-state index in [1.54, 1.807) is 19.1 Å². The Morgan fingerprint density at radius 2 is 2.24 bits per heavy atom. The van der Waals surface area contributed by atoms with E-state index in [2.05, 4.69) is 9.97 Å². The van der Waals surface area contributed by atoms with E-state index in [0.717, 1.165) is 11.4 Å². The van der Waals surface area contributed by atoms with Crippen molar-refractivity contribution in [3.05, 3.63) is 40.6 Å². The van der Waals surface area contributed by atoms with Crippen LogP contribution in [0, 0.1) is 12.7 Å². The van der Waals surface area contributed by atoms with Gasteiger partial charge in [-0.05, 0) is 37.2 Å². The van der Waals surface area contributed by atoms with E-state index in [0.29, 0.717) is 29.4 Å². The average Bonchev–Trinajstić information content (AvgIpc) is 2.64. The van der Waals surface area contributed by atoms with Crippen molar-refractivity contribution in [2.45, 2.75) is 13.3 Å². The molecule has 17 heavy (non-hydrogen) atoms. The molecule has 1 aromatic heterocycles. The Morgan fingerprint density at radius 3 is 2.88 bits per heavy atom. The maximum atomic E-state index is 13.2. The number of H-pyrrole nitrogens is 1. The van der Waals surface area contributed by atoms with Gasteiger partial charge in [0.1, 0.15) is 22.5 Å². The molecule has 0 atom stereocenters. The molecule has 0 bridgehead atoms. The van der Waals surface area contributed by atoms with Crippen LogP contribution in [-0.4, -0.2) is 16.5 Å². The smallest absolute Gasteiger partial charge is 0.134 e. The van der Waals surface area contributed by atoms with Crippen molar-refractivity contribution >= 4 is 11.6 Å². The Hall–Kier alpha value is -1.39. The van der Waals surface area contributed by atoms with Gasteiger partial charge in [-0.1, -0.05) is 11.6 Å². The SMILES string of the molecule is Cc1cc(-c2nc(CCN)[nH]c2Cl)ccc1F. The van der Waals surface area contributed by atoms with Crippen LogP contribution in [0.15, 0.2) is 18.2 Å². The largest absolute Gasteiger partial charge is 0.332 e. The minimum absolute atomic E-state index is 0.234. The lowest BCUT2D eigenvalue weighted by Crippen LogP contribution is -2.03. The topological polar surface area (TPSA) is 54.7 Å². The molecule has 0 unspecified atom stereocenters. The van der Waals surface area contributed by atoms with Crippen molar-refractivity contribution in [1.29, 1.82) is 0 Å². The van der Waals surface area contributed by atoms with Gasteiger partial charge in [0.15, 0.2) is 0 Å². The summed E-state index contributed by atoms with van der Waals surface area (Å²) < 4.78 is 13.2. The first kappa shape index (κ1) is 12.1. The fourth-order valence-electron chi connectivity index (χ4n) is 1.64. The average molecular weight is 254 g/mol. The van der Waals surface area contributed by atoms with Crippen LogP contribution in [0.25, 0.3) is 11.3 Å². The number of aromatic nitrogens is 2. The van der Waals surface area contributed by atoms with Crippen molar-refractivity contribution < 1.29 is 4.39 Å². The molecule has 0 aliphatic heterocycles. The number of benzene rings is 1. The number of nitrogens with zero attached hydrogens (tertiary/aromatic N) is 1. The summed E-state index contributed by atoms with van der Waals surface area (Å²) in [5, 5.41) is 0.458. The van der Waals surface area contributed by atoms with Gasteiger partial charge in [0.05, 0.1) is 0 Å². The number of aromatic amines is 1. The molecule has 2 rings (SSSR count). The van der Waals surface area contributed by atoms with Gasteiger partial charge in [-0.2, -0.15) is 0 Å². The second-order valence-electron chi connectivity index (χ2n) is 3.85. The van der Waals surface area contributed by atoms with Gasteiger partial charge < -0.3 is 10.7 Å². The molecule has 0 amide bonds. The maximum absolute atomic E-state index is 13.2. The molecule has 0 fully saturated rings. The minimum Gasteiger partial charge on any atom is -0.332 e. The molecule has 3 N–H and O–H groups in total. The van der Waals surface area contributed by atoms with Crippen molar-refractivity contribution in [2.75, 3.05) is 6.54 Å². The molecule has 0 spiro atoms. The van der Waals surface area contributed by atoms with Gasteiger partial charge >= 0.3 is 0 Å².